The number of hydrogen-bond acceptors (Lipinski definition) is 6. The highest BCUT2D eigenvalue weighted by Crippen LogP contribution is 2.30. The number of rotatable bonds is 3. The second kappa shape index (κ2) is 6.16. The first kappa shape index (κ1) is 16.1. The van der Waals surface area contributed by atoms with Gasteiger partial charge in [-0.15, -0.1) is 0 Å². The van der Waals surface area contributed by atoms with Gasteiger partial charge in [0.05, 0.1) is 15.9 Å². The molecule has 0 atom stereocenters. The molecule has 0 saturated heterocycles. The smallest absolute Gasteiger partial charge is 0.204 e. The van der Waals surface area contributed by atoms with E-state index in [4.69, 9.17) is 0 Å². The first-order valence-corrected chi connectivity index (χ1v) is 9.19. The van der Waals surface area contributed by atoms with E-state index < -0.39 is 5.92 Å². The van der Waals surface area contributed by atoms with Crippen LogP contribution in [0.5, 0.6) is 0 Å². The molecule has 1 aromatic heterocycles. The van der Waals surface area contributed by atoms with Crippen molar-refractivity contribution in [3.8, 4) is 0 Å². The Morgan fingerprint density at radius 2 is 1.84 bits per heavy atom. The van der Waals surface area contributed by atoms with Crippen LogP contribution in [0.3, 0.4) is 0 Å². The molecule has 0 amide bonds. The minimum Gasteiger partial charge on any atom is -0.293 e. The van der Waals surface area contributed by atoms with E-state index in [1.165, 1.54) is 11.3 Å². The largest absolute Gasteiger partial charge is 0.293 e. The van der Waals surface area contributed by atoms with Crippen molar-refractivity contribution < 1.29 is 9.59 Å². The van der Waals surface area contributed by atoms with Gasteiger partial charge in [0, 0.05) is 15.6 Å². The predicted octanol–water partition coefficient (Wildman–Crippen LogP) is 4.54. The standard InChI is InChI=1S/C18H12BrN3O2S/c1-9(15-16(23)11-4-2-3-5-12(11)17(15)24)21-22-18-20-13-7-6-10(19)8-14(13)25-18/h2-8,15H,1H3,(H,20,22). The molecule has 1 aliphatic rings. The van der Waals surface area contributed by atoms with E-state index in [0.717, 1.165) is 14.7 Å². The van der Waals surface area contributed by atoms with Crippen LogP contribution in [0.4, 0.5) is 5.13 Å². The van der Waals surface area contributed by atoms with Gasteiger partial charge in [0.2, 0.25) is 5.13 Å². The highest BCUT2D eigenvalue weighted by Gasteiger charge is 2.40. The van der Waals surface area contributed by atoms with Crippen molar-refractivity contribution in [2.45, 2.75) is 6.92 Å². The maximum Gasteiger partial charge on any atom is 0.204 e. The molecule has 3 aromatic rings. The Bertz CT molecular complexity index is 1020. The van der Waals surface area contributed by atoms with Gasteiger partial charge in [-0.05, 0) is 25.1 Å². The molecule has 0 spiro atoms. The van der Waals surface area contributed by atoms with Gasteiger partial charge in [0.1, 0.15) is 5.92 Å². The zero-order valence-electron chi connectivity index (χ0n) is 13.1. The summed E-state index contributed by atoms with van der Waals surface area (Å²) in [4.78, 5) is 29.4. The van der Waals surface area contributed by atoms with Gasteiger partial charge in [0.25, 0.3) is 0 Å². The van der Waals surface area contributed by atoms with E-state index in [2.05, 4.69) is 31.4 Å². The molecule has 0 unspecified atom stereocenters. The summed E-state index contributed by atoms with van der Waals surface area (Å²) in [6, 6.07) is 12.7. The molecule has 1 aliphatic carbocycles. The number of nitrogens with one attached hydrogen (secondary N) is 1. The number of aromatic nitrogens is 1. The zero-order chi connectivity index (χ0) is 17.6. The van der Waals surface area contributed by atoms with E-state index in [0.29, 0.717) is 22.0 Å². The summed E-state index contributed by atoms with van der Waals surface area (Å²) < 4.78 is 2.00. The molecule has 2 aromatic carbocycles. The zero-order valence-corrected chi connectivity index (χ0v) is 15.5. The van der Waals surface area contributed by atoms with E-state index >= 15 is 0 Å². The van der Waals surface area contributed by atoms with Gasteiger partial charge in [-0.25, -0.2) is 4.98 Å². The summed E-state index contributed by atoms with van der Waals surface area (Å²) in [5, 5.41) is 4.85. The van der Waals surface area contributed by atoms with Crippen molar-refractivity contribution in [2.24, 2.45) is 11.0 Å². The lowest BCUT2D eigenvalue weighted by molar-refractivity contribution is 0.0883. The first-order chi connectivity index (χ1) is 12.0. The monoisotopic (exact) mass is 413 g/mol. The Balaban J connectivity index is 1.59. The number of ketones is 2. The second-order valence-electron chi connectivity index (χ2n) is 5.70. The molecular formula is C18H12BrN3O2S. The SMILES string of the molecule is CC(=NNc1nc2ccc(Br)cc2s1)C1C(=O)c2ccccc2C1=O. The fourth-order valence-corrected chi connectivity index (χ4v) is 4.23. The van der Waals surface area contributed by atoms with Gasteiger partial charge in [-0.2, -0.15) is 5.10 Å². The number of halogens is 1. The molecule has 5 nitrogen and oxygen atoms in total. The number of fused-ring (bicyclic) bond motifs is 2. The average molecular weight is 414 g/mol. The van der Waals surface area contributed by atoms with Gasteiger partial charge in [0.15, 0.2) is 11.6 Å². The van der Waals surface area contributed by atoms with Crippen molar-refractivity contribution in [1.29, 1.82) is 0 Å². The van der Waals surface area contributed by atoms with Gasteiger partial charge in [-0.1, -0.05) is 51.5 Å². The average Bonchev–Trinajstić information content (AvgIpc) is 3.12. The minimum atomic E-state index is -0.853. The molecule has 4 rings (SSSR count). The molecule has 124 valence electrons. The van der Waals surface area contributed by atoms with Crippen molar-refractivity contribution in [3.63, 3.8) is 0 Å². The number of benzene rings is 2. The third-order valence-corrected chi connectivity index (χ3v) is 5.49. The van der Waals surface area contributed by atoms with Crippen LogP contribution in [0.15, 0.2) is 52.0 Å². The van der Waals surface area contributed by atoms with E-state index in [1.807, 2.05) is 18.2 Å². The number of hydrogen-bond donors (Lipinski definition) is 1. The maximum absolute atomic E-state index is 12.5. The van der Waals surface area contributed by atoms with Crippen molar-refractivity contribution >= 4 is 59.9 Å². The van der Waals surface area contributed by atoms with Crippen LogP contribution < -0.4 is 5.43 Å². The Kier molecular flexibility index (Phi) is 3.97. The lowest BCUT2D eigenvalue weighted by Crippen LogP contribution is -2.24. The maximum atomic E-state index is 12.5. The number of Topliss-reactive ketones (excluding diaryl/α,β-unsaturated/α-hetero) is 2. The van der Waals surface area contributed by atoms with Crippen molar-refractivity contribution in [2.75, 3.05) is 5.43 Å². The van der Waals surface area contributed by atoms with Crippen LogP contribution in [-0.2, 0) is 0 Å². The van der Waals surface area contributed by atoms with Gasteiger partial charge in [-0.3, -0.25) is 15.0 Å². The van der Waals surface area contributed by atoms with Crippen LogP contribution in [0.2, 0.25) is 0 Å². The highest BCUT2D eigenvalue weighted by atomic mass is 79.9. The predicted molar refractivity (Wildman–Crippen MR) is 103 cm³/mol. The number of nitrogens with zero attached hydrogens (tertiary/aromatic N) is 2. The number of carbonyl (C=O) groups excluding carboxylic acids is 2. The van der Waals surface area contributed by atoms with Crippen LogP contribution in [-0.4, -0.2) is 22.3 Å². The lowest BCUT2D eigenvalue weighted by atomic mass is 9.99. The third-order valence-electron chi connectivity index (χ3n) is 4.08. The Morgan fingerprint density at radius 1 is 1.16 bits per heavy atom. The van der Waals surface area contributed by atoms with Crippen LogP contribution >= 0.6 is 27.3 Å². The van der Waals surface area contributed by atoms with E-state index in [-0.39, 0.29) is 11.6 Å². The van der Waals surface area contributed by atoms with Crippen molar-refractivity contribution in [1.82, 2.24) is 4.98 Å². The van der Waals surface area contributed by atoms with Gasteiger partial charge < -0.3 is 0 Å². The second-order valence-corrected chi connectivity index (χ2v) is 7.65. The molecule has 7 heteroatoms. The summed E-state index contributed by atoms with van der Waals surface area (Å²) in [6.45, 7) is 1.68. The summed E-state index contributed by atoms with van der Waals surface area (Å²) in [5.74, 6) is -1.25. The molecular weight excluding hydrogens is 402 g/mol. The van der Waals surface area contributed by atoms with Gasteiger partial charge >= 0.3 is 0 Å². The molecule has 25 heavy (non-hydrogen) atoms. The summed E-state index contributed by atoms with van der Waals surface area (Å²) in [7, 11) is 0. The quantitative estimate of drug-likeness (QED) is 0.388. The van der Waals surface area contributed by atoms with Crippen LogP contribution in [0, 0.1) is 5.92 Å². The summed E-state index contributed by atoms with van der Waals surface area (Å²) >= 11 is 4.89. The van der Waals surface area contributed by atoms with Crippen molar-refractivity contribution in [3.05, 3.63) is 58.1 Å². The Labute approximate surface area is 155 Å². The molecule has 1 heterocycles. The van der Waals surface area contributed by atoms with Crippen LogP contribution in [0.25, 0.3) is 10.2 Å². The molecule has 0 radical (unpaired) electrons. The highest BCUT2D eigenvalue weighted by molar-refractivity contribution is 9.10. The third kappa shape index (κ3) is 2.79. The minimum absolute atomic E-state index is 0.197. The molecule has 0 fully saturated rings. The van der Waals surface area contributed by atoms with E-state index in [9.17, 15) is 9.59 Å². The topological polar surface area (TPSA) is 71.4 Å². The van der Waals surface area contributed by atoms with Crippen LogP contribution in [0.1, 0.15) is 27.6 Å². The molecule has 0 aliphatic heterocycles. The molecule has 0 saturated carbocycles. The number of carbonyl (C=O) groups is 2. The molecule has 0 bridgehead atoms. The lowest BCUT2D eigenvalue weighted by Gasteiger charge is -2.06. The molecule has 1 N–H and O–H groups in total. The normalized spacial score (nSPS) is 15.0. The summed E-state index contributed by atoms with van der Waals surface area (Å²) in [5.41, 5.74) is 5.11. The number of anilines is 1. The summed E-state index contributed by atoms with van der Waals surface area (Å²) in [6.07, 6.45) is 0. The Hall–Kier alpha value is -2.38. The Morgan fingerprint density at radius 3 is 2.52 bits per heavy atom. The fourth-order valence-electron chi connectivity index (χ4n) is 2.87. The van der Waals surface area contributed by atoms with E-state index in [1.54, 1.807) is 31.2 Å². The first-order valence-electron chi connectivity index (χ1n) is 7.58. The number of thiazole rings is 1. The fraction of sp³-hybridized carbons (Fsp3) is 0.111. The number of hydrazone groups is 1.